The second-order valence-corrected chi connectivity index (χ2v) is 7.29. The van der Waals surface area contributed by atoms with Gasteiger partial charge in [-0.1, -0.05) is 6.07 Å². The van der Waals surface area contributed by atoms with Gasteiger partial charge in [0.2, 0.25) is 0 Å². The molecule has 1 aromatic carbocycles. The number of amides is 2. The number of aliphatic carboxylic acids is 1. The Kier molecular flexibility index (Phi) is 6.27. The molecule has 0 atom stereocenters. The first kappa shape index (κ1) is 19.8. The fourth-order valence-electron chi connectivity index (χ4n) is 3.02. The summed E-state index contributed by atoms with van der Waals surface area (Å²) in [7, 11) is 1.55. The quantitative estimate of drug-likeness (QED) is 0.623. The number of rotatable bonds is 8. The van der Waals surface area contributed by atoms with E-state index in [1.807, 2.05) is 0 Å². The molecule has 0 fully saturated rings. The van der Waals surface area contributed by atoms with Gasteiger partial charge in [-0.3, -0.25) is 9.59 Å². The highest BCUT2D eigenvalue weighted by molar-refractivity contribution is 7.17. The number of aryl methyl sites for hydroxylation is 1. The van der Waals surface area contributed by atoms with Crippen LogP contribution in [0.1, 0.15) is 27.2 Å². The first-order chi connectivity index (χ1) is 13.5. The fraction of sp³-hybridized carbons (Fsp3) is 0.316. The highest BCUT2D eigenvalue weighted by atomic mass is 32.1. The number of thiophene rings is 1. The van der Waals surface area contributed by atoms with Crippen molar-refractivity contribution in [2.75, 3.05) is 31.0 Å². The summed E-state index contributed by atoms with van der Waals surface area (Å²) in [4.78, 5) is 36.6. The van der Waals surface area contributed by atoms with Crippen molar-refractivity contribution in [3.63, 3.8) is 0 Å². The Labute approximate surface area is 165 Å². The number of anilines is 2. The van der Waals surface area contributed by atoms with Gasteiger partial charge in [0.05, 0.1) is 12.7 Å². The van der Waals surface area contributed by atoms with Gasteiger partial charge >= 0.3 is 5.97 Å². The molecule has 0 unspecified atom stereocenters. The van der Waals surface area contributed by atoms with Crippen molar-refractivity contribution in [1.82, 2.24) is 0 Å². The number of hydrogen-bond donors (Lipinski definition) is 3. The molecule has 0 aliphatic heterocycles. The highest BCUT2D eigenvalue weighted by Gasteiger charge is 2.27. The molecule has 0 spiro atoms. The maximum absolute atomic E-state index is 12.9. The van der Waals surface area contributed by atoms with Gasteiger partial charge in [-0.25, -0.2) is 4.79 Å². The lowest BCUT2D eigenvalue weighted by molar-refractivity contribution is -0.143. The average Bonchev–Trinajstić information content (AvgIpc) is 3.22. The molecular weight excluding hydrogens is 384 g/mol. The Morgan fingerprint density at radius 1 is 1.18 bits per heavy atom. The van der Waals surface area contributed by atoms with Gasteiger partial charge in [0, 0.05) is 16.6 Å². The van der Waals surface area contributed by atoms with Crippen LogP contribution in [-0.4, -0.2) is 43.2 Å². The zero-order chi connectivity index (χ0) is 20.1. The second-order valence-electron chi connectivity index (χ2n) is 6.18. The fourth-order valence-corrected chi connectivity index (χ4v) is 4.32. The lowest BCUT2D eigenvalue weighted by Gasteiger charge is -2.10. The van der Waals surface area contributed by atoms with Crippen molar-refractivity contribution in [2.24, 2.45) is 0 Å². The predicted molar refractivity (Wildman–Crippen MR) is 104 cm³/mol. The van der Waals surface area contributed by atoms with E-state index in [0.717, 1.165) is 29.7 Å². The summed E-state index contributed by atoms with van der Waals surface area (Å²) in [5.41, 5.74) is 1.99. The van der Waals surface area contributed by atoms with Gasteiger partial charge in [0.15, 0.2) is 0 Å². The summed E-state index contributed by atoms with van der Waals surface area (Å²) >= 11 is 1.37. The number of fused-ring (bicyclic) bond motifs is 1. The van der Waals surface area contributed by atoms with Crippen molar-refractivity contribution in [3.8, 4) is 5.75 Å². The van der Waals surface area contributed by atoms with Gasteiger partial charge in [0.1, 0.15) is 24.0 Å². The summed E-state index contributed by atoms with van der Waals surface area (Å²) in [6.07, 6.45) is 2.61. The second kappa shape index (κ2) is 8.85. The maximum atomic E-state index is 12.9. The molecule has 148 valence electrons. The number of hydrogen-bond acceptors (Lipinski definition) is 6. The van der Waals surface area contributed by atoms with Crippen LogP contribution in [0, 0.1) is 0 Å². The zero-order valence-electron chi connectivity index (χ0n) is 15.2. The van der Waals surface area contributed by atoms with E-state index < -0.39 is 25.1 Å². The van der Waals surface area contributed by atoms with E-state index in [4.69, 9.17) is 14.6 Å². The van der Waals surface area contributed by atoms with Crippen molar-refractivity contribution in [2.45, 2.75) is 19.3 Å². The monoisotopic (exact) mass is 404 g/mol. The van der Waals surface area contributed by atoms with Crippen molar-refractivity contribution >= 4 is 39.8 Å². The topological polar surface area (TPSA) is 114 Å². The maximum Gasteiger partial charge on any atom is 0.329 e. The summed E-state index contributed by atoms with van der Waals surface area (Å²) in [5.74, 6) is -1.34. The van der Waals surface area contributed by atoms with Gasteiger partial charge in [-0.05, 0) is 37.0 Å². The molecule has 0 bridgehead atoms. The Morgan fingerprint density at radius 2 is 2.00 bits per heavy atom. The van der Waals surface area contributed by atoms with Crippen LogP contribution in [0.2, 0.25) is 0 Å². The molecule has 0 saturated carbocycles. The van der Waals surface area contributed by atoms with Crippen LogP contribution in [0.5, 0.6) is 5.75 Å². The first-order valence-corrected chi connectivity index (χ1v) is 9.49. The molecule has 9 heteroatoms. The Morgan fingerprint density at radius 3 is 2.75 bits per heavy atom. The van der Waals surface area contributed by atoms with E-state index in [9.17, 15) is 14.4 Å². The van der Waals surface area contributed by atoms with E-state index in [-0.39, 0.29) is 5.91 Å². The third kappa shape index (κ3) is 4.68. The third-order valence-electron chi connectivity index (χ3n) is 4.19. The van der Waals surface area contributed by atoms with Crippen LogP contribution in [0.25, 0.3) is 0 Å². The standard InChI is InChI=1S/C19H20N2O6S/c1-26-12-5-2-4-11(8-12)20-18(25)17-13-6-3-7-14(13)28-19(17)21-15(22)9-27-10-16(23)24/h2,4-5,8H,3,6-7,9-10H2,1H3,(H,20,25)(H,21,22)(H,23,24). The lowest BCUT2D eigenvalue weighted by atomic mass is 10.1. The van der Waals surface area contributed by atoms with E-state index in [1.54, 1.807) is 31.4 Å². The molecular formula is C19H20N2O6S. The molecule has 0 radical (unpaired) electrons. The number of carbonyl (C=O) groups is 3. The van der Waals surface area contributed by atoms with Gasteiger partial charge in [-0.2, -0.15) is 0 Å². The zero-order valence-corrected chi connectivity index (χ0v) is 16.1. The van der Waals surface area contributed by atoms with E-state index in [2.05, 4.69) is 10.6 Å². The largest absolute Gasteiger partial charge is 0.497 e. The number of methoxy groups -OCH3 is 1. The number of ether oxygens (including phenoxy) is 2. The molecule has 0 saturated heterocycles. The highest BCUT2D eigenvalue weighted by Crippen LogP contribution is 2.39. The van der Waals surface area contributed by atoms with Crippen LogP contribution in [-0.2, 0) is 27.2 Å². The molecule has 1 aromatic heterocycles. The van der Waals surface area contributed by atoms with Gasteiger partial charge in [0.25, 0.3) is 11.8 Å². The van der Waals surface area contributed by atoms with Crippen LogP contribution in [0.4, 0.5) is 10.7 Å². The predicted octanol–water partition coefficient (Wildman–Crippen LogP) is 2.54. The number of carbonyl (C=O) groups excluding carboxylic acids is 2. The number of carboxylic acids is 1. The van der Waals surface area contributed by atoms with E-state index in [1.165, 1.54) is 11.3 Å². The number of benzene rings is 1. The molecule has 8 nitrogen and oxygen atoms in total. The Bertz CT molecular complexity index is 908. The SMILES string of the molecule is COc1cccc(NC(=O)c2c(NC(=O)COCC(=O)O)sc3c2CCC3)c1. The van der Waals surface area contributed by atoms with E-state index >= 15 is 0 Å². The summed E-state index contributed by atoms with van der Waals surface area (Å²) in [5, 5.41) is 14.6. The van der Waals surface area contributed by atoms with Crippen LogP contribution in [0.3, 0.4) is 0 Å². The van der Waals surface area contributed by atoms with E-state index in [0.29, 0.717) is 22.0 Å². The molecule has 1 aliphatic rings. The van der Waals surface area contributed by atoms with Crippen LogP contribution >= 0.6 is 11.3 Å². The Hall–Kier alpha value is -2.91. The summed E-state index contributed by atoms with van der Waals surface area (Å²) in [6, 6.07) is 7.02. The minimum absolute atomic E-state index is 0.311. The number of carboxylic acid groups (broad SMARTS) is 1. The molecule has 1 aliphatic carbocycles. The minimum atomic E-state index is -1.15. The third-order valence-corrected chi connectivity index (χ3v) is 5.39. The van der Waals surface area contributed by atoms with Crippen molar-refractivity contribution in [3.05, 3.63) is 40.3 Å². The molecule has 1 heterocycles. The van der Waals surface area contributed by atoms with Crippen molar-refractivity contribution < 1.29 is 29.0 Å². The molecule has 2 amide bonds. The van der Waals surface area contributed by atoms with Gasteiger partial charge in [-0.15, -0.1) is 11.3 Å². The summed E-state index contributed by atoms with van der Waals surface area (Å²) in [6.45, 7) is -0.955. The minimum Gasteiger partial charge on any atom is -0.497 e. The first-order valence-electron chi connectivity index (χ1n) is 8.67. The molecule has 2 aromatic rings. The summed E-state index contributed by atoms with van der Waals surface area (Å²) < 4.78 is 9.98. The van der Waals surface area contributed by atoms with Crippen LogP contribution < -0.4 is 15.4 Å². The van der Waals surface area contributed by atoms with Crippen molar-refractivity contribution in [1.29, 1.82) is 0 Å². The van der Waals surface area contributed by atoms with Crippen LogP contribution in [0.15, 0.2) is 24.3 Å². The normalized spacial score (nSPS) is 12.3. The number of nitrogens with one attached hydrogen (secondary N) is 2. The molecule has 3 N–H and O–H groups in total. The van der Waals surface area contributed by atoms with Gasteiger partial charge < -0.3 is 25.2 Å². The molecule has 3 rings (SSSR count). The lowest BCUT2D eigenvalue weighted by Crippen LogP contribution is -2.22. The average molecular weight is 404 g/mol. The molecule has 28 heavy (non-hydrogen) atoms. The smallest absolute Gasteiger partial charge is 0.329 e. The Balaban J connectivity index is 1.76.